The third-order valence-electron chi connectivity index (χ3n) is 5.83. The van der Waals surface area contributed by atoms with Crippen LogP contribution < -0.4 is 10.4 Å². The molecule has 3 aromatic carbocycles. The number of para-hydroxylation sites is 4. The lowest BCUT2D eigenvalue weighted by Crippen LogP contribution is -2.40. The van der Waals surface area contributed by atoms with Crippen LogP contribution in [-0.4, -0.2) is 33.4 Å². The zero-order valence-corrected chi connectivity index (χ0v) is 17.0. The molecule has 156 valence electrons. The molecule has 1 N–H and O–H groups in total. The fourth-order valence-corrected chi connectivity index (χ4v) is 4.28. The summed E-state index contributed by atoms with van der Waals surface area (Å²) >= 11 is 0. The number of likely N-dealkylation sites (tertiary alicyclic amines) is 1. The van der Waals surface area contributed by atoms with Crippen molar-refractivity contribution in [3.63, 3.8) is 0 Å². The predicted octanol–water partition coefficient (Wildman–Crippen LogP) is 4.60. The Balaban J connectivity index is 1.33. The van der Waals surface area contributed by atoms with Gasteiger partial charge in [-0.15, -0.1) is 0 Å². The van der Waals surface area contributed by atoms with Crippen LogP contribution in [0.5, 0.6) is 11.5 Å². The summed E-state index contributed by atoms with van der Waals surface area (Å²) in [5.41, 5.74) is 2.22. The van der Waals surface area contributed by atoms with Crippen molar-refractivity contribution in [1.29, 1.82) is 0 Å². The monoisotopic (exact) mass is 413 g/mol. The van der Waals surface area contributed by atoms with Gasteiger partial charge >= 0.3 is 5.69 Å². The van der Waals surface area contributed by atoms with Crippen LogP contribution in [0.25, 0.3) is 11.0 Å². The van der Waals surface area contributed by atoms with Crippen molar-refractivity contribution < 1.29 is 9.53 Å². The standard InChI is InChI=1S/C25H23N3O3/c29-24(20-10-4-7-13-23(20)31-19-8-2-1-3-9-19)27-16-14-18(15-17-27)28-22-12-6-5-11-21(22)26-25(28)30/h1-13,18H,14-17H2,(H,26,30). The molecule has 0 radical (unpaired) electrons. The van der Waals surface area contributed by atoms with Crippen molar-refractivity contribution in [3.05, 3.63) is 94.9 Å². The maximum Gasteiger partial charge on any atom is 0.326 e. The van der Waals surface area contributed by atoms with Crippen LogP contribution >= 0.6 is 0 Å². The van der Waals surface area contributed by atoms with E-state index in [0.29, 0.717) is 30.2 Å². The molecule has 1 aromatic heterocycles. The van der Waals surface area contributed by atoms with Gasteiger partial charge in [0.15, 0.2) is 0 Å². The molecule has 1 fully saturated rings. The Labute approximate surface area is 179 Å². The van der Waals surface area contributed by atoms with Crippen molar-refractivity contribution >= 4 is 16.9 Å². The Morgan fingerprint density at radius 3 is 2.35 bits per heavy atom. The van der Waals surface area contributed by atoms with E-state index in [2.05, 4.69) is 4.98 Å². The number of hydrogen-bond donors (Lipinski definition) is 1. The Morgan fingerprint density at radius 2 is 1.55 bits per heavy atom. The van der Waals surface area contributed by atoms with Gasteiger partial charge in [-0.1, -0.05) is 42.5 Å². The Bertz CT molecular complexity index is 1270. The molecule has 5 rings (SSSR count). The van der Waals surface area contributed by atoms with E-state index in [1.807, 2.05) is 82.3 Å². The maximum absolute atomic E-state index is 13.3. The van der Waals surface area contributed by atoms with E-state index in [4.69, 9.17) is 4.74 Å². The lowest BCUT2D eigenvalue weighted by atomic mass is 10.0. The molecular weight excluding hydrogens is 390 g/mol. The number of nitrogens with zero attached hydrogens (tertiary/aromatic N) is 2. The molecule has 1 amide bonds. The van der Waals surface area contributed by atoms with Crippen molar-refractivity contribution in [2.24, 2.45) is 0 Å². The summed E-state index contributed by atoms with van der Waals surface area (Å²) in [6.07, 6.45) is 1.46. The normalized spacial score (nSPS) is 14.6. The Hall–Kier alpha value is -3.80. The van der Waals surface area contributed by atoms with Gasteiger partial charge in [-0.2, -0.15) is 0 Å². The van der Waals surface area contributed by atoms with Crippen molar-refractivity contribution in [3.8, 4) is 11.5 Å². The lowest BCUT2D eigenvalue weighted by molar-refractivity contribution is 0.0692. The molecule has 0 aliphatic carbocycles. The van der Waals surface area contributed by atoms with Crippen molar-refractivity contribution in [2.45, 2.75) is 18.9 Å². The SMILES string of the molecule is O=C(c1ccccc1Oc1ccccc1)N1CCC(n2c(=O)[nH]c3ccccc32)CC1. The summed E-state index contributed by atoms with van der Waals surface area (Å²) in [6.45, 7) is 1.18. The number of benzene rings is 3. The van der Waals surface area contributed by atoms with Crippen LogP contribution in [0.1, 0.15) is 29.2 Å². The summed E-state index contributed by atoms with van der Waals surface area (Å²) in [5, 5.41) is 0. The number of carbonyl (C=O) groups excluding carboxylic acids is 1. The molecule has 0 atom stereocenters. The topological polar surface area (TPSA) is 67.3 Å². The minimum absolute atomic E-state index is 0.0451. The van der Waals surface area contributed by atoms with Gasteiger partial charge in [-0.05, 0) is 49.2 Å². The molecule has 1 aliphatic rings. The number of piperidine rings is 1. The second-order valence-electron chi connectivity index (χ2n) is 7.75. The number of ether oxygens (including phenoxy) is 1. The fourth-order valence-electron chi connectivity index (χ4n) is 4.28. The van der Waals surface area contributed by atoms with Gasteiger partial charge in [0.2, 0.25) is 0 Å². The first-order valence-corrected chi connectivity index (χ1v) is 10.5. The first-order chi connectivity index (χ1) is 15.2. The highest BCUT2D eigenvalue weighted by molar-refractivity contribution is 5.97. The third kappa shape index (κ3) is 3.72. The molecule has 0 unspecified atom stereocenters. The van der Waals surface area contributed by atoms with E-state index in [-0.39, 0.29) is 17.6 Å². The number of aromatic nitrogens is 2. The Kier molecular flexibility index (Phi) is 5.04. The molecule has 4 aromatic rings. The van der Waals surface area contributed by atoms with Crippen LogP contribution in [0.2, 0.25) is 0 Å². The first kappa shape index (κ1) is 19.2. The van der Waals surface area contributed by atoms with Crippen LogP contribution in [0.4, 0.5) is 0 Å². The van der Waals surface area contributed by atoms with Crippen LogP contribution in [0, 0.1) is 0 Å². The highest BCUT2D eigenvalue weighted by atomic mass is 16.5. The quantitative estimate of drug-likeness (QED) is 0.532. The average molecular weight is 413 g/mol. The molecule has 6 heteroatoms. The number of carbonyl (C=O) groups is 1. The maximum atomic E-state index is 13.3. The van der Waals surface area contributed by atoms with Gasteiger partial charge in [0.25, 0.3) is 5.91 Å². The molecule has 0 spiro atoms. The second-order valence-corrected chi connectivity index (χ2v) is 7.75. The highest BCUT2D eigenvalue weighted by Gasteiger charge is 2.28. The summed E-state index contributed by atoms with van der Waals surface area (Å²) in [6, 6.07) is 24.6. The van der Waals surface area contributed by atoms with Gasteiger partial charge < -0.3 is 14.6 Å². The van der Waals surface area contributed by atoms with E-state index in [1.165, 1.54) is 0 Å². The van der Waals surface area contributed by atoms with Crippen LogP contribution in [0.15, 0.2) is 83.7 Å². The minimum Gasteiger partial charge on any atom is -0.457 e. The molecule has 6 nitrogen and oxygen atoms in total. The Morgan fingerprint density at radius 1 is 0.871 bits per heavy atom. The highest BCUT2D eigenvalue weighted by Crippen LogP contribution is 2.29. The fraction of sp³-hybridized carbons (Fsp3) is 0.200. The molecule has 2 heterocycles. The molecule has 31 heavy (non-hydrogen) atoms. The molecule has 0 bridgehead atoms. The summed E-state index contributed by atoms with van der Waals surface area (Å²) in [4.78, 5) is 30.5. The van der Waals surface area contributed by atoms with Gasteiger partial charge in [-0.3, -0.25) is 9.36 Å². The van der Waals surface area contributed by atoms with E-state index in [1.54, 1.807) is 6.07 Å². The second kappa shape index (κ2) is 8.14. The van der Waals surface area contributed by atoms with Gasteiger partial charge in [0.05, 0.1) is 16.6 Å². The zero-order valence-electron chi connectivity index (χ0n) is 17.0. The van der Waals surface area contributed by atoms with E-state index < -0.39 is 0 Å². The molecular formula is C25H23N3O3. The lowest BCUT2D eigenvalue weighted by Gasteiger charge is -2.33. The van der Waals surface area contributed by atoms with Gasteiger partial charge in [0.1, 0.15) is 11.5 Å². The number of aromatic amines is 1. The average Bonchev–Trinajstić information content (AvgIpc) is 3.15. The molecule has 0 saturated carbocycles. The molecule has 1 saturated heterocycles. The summed E-state index contributed by atoms with van der Waals surface area (Å²) < 4.78 is 7.81. The van der Waals surface area contributed by atoms with Crippen molar-refractivity contribution in [2.75, 3.05) is 13.1 Å². The molecule has 1 aliphatic heterocycles. The van der Waals surface area contributed by atoms with Crippen LogP contribution in [-0.2, 0) is 0 Å². The number of imidazole rings is 1. The van der Waals surface area contributed by atoms with E-state index >= 15 is 0 Å². The number of amides is 1. The largest absolute Gasteiger partial charge is 0.457 e. The summed E-state index contributed by atoms with van der Waals surface area (Å²) in [5.74, 6) is 1.20. The van der Waals surface area contributed by atoms with Crippen molar-refractivity contribution in [1.82, 2.24) is 14.5 Å². The first-order valence-electron chi connectivity index (χ1n) is 10.5. The number of rotatable bonds is 4. The van der Waals surface area contributed by atoms with E-state index in [0.717, 1.165) is 23.9 Å². The van der Waals surface area contributed by atoms with E-state index in [9.17, 15) is 9.59 Å². The number of H-pyrrole nitrogens is 1. The smallest absolute Gasteiger partial charge is 0.326 e. The number of fused-ring (bicyclic) bond motifs is 1. The third-order valence-corrected chi connectivity index (χ3v) is 5.83. The minimum atomic E-state index is -0.0902. The zero-order chi connectivity index (χ0) is 21.2. The predicted molar refractivity (Wildman–Crippen MR) is 120 cm³/mol. The van der Waals surface area contributed by atoms with Gasteiger partial charge in [-0.25, -0.2) is 4.79 Å². The summed E-state index contributed by atoms with van der Waals surface area (Å²) in [7, 11) is 0. The van der Waals surface area contributed by atoms with Crippen LogP contribution in [0.3, 0.4) is 0 Å². The van der Waals surface area contributed by atoms with Gasteiger partial charge in [0, 0.05) is 19.1 Å². The number of nitrogens with one attached hydrogen (secondary N) is 1. The number of hydrogen-bond acceptors (Lipinski definition) is 3.